The van der Waals surface area contributed by atoms with E-state index >= 15 is 0 Å². The van der Waals surface area contributed by atoms with Gasteiger partial charge in [-0.2, -0.15) is 0 Å². The molecule has 0 saturated heterocycles. The van der Waals surface area contributed by atoms with Crippen molar-refractivity contribution >= 4 is 8.56 Å². The van der Waals surface area contributed by atoms with Gasteiger partial charge in [-0.1, -0.05) is 49.6 Å². The second-order valence-electron chi connectivity index (χ2n) is 6.41. The van der Waals surface area contributed by atoms with Crippen LogP contribution in [-0.2, 0) is 15.5 Å². The molecule has 0 unspecified atom stereocenters. The first-order valence-corrected chi connectivity index (χ1v) is 11.9. The molecule has 0 aliphatic heterocycles. The van der Waals surface area contributed by atoms with E-state index in [4.69, 9.17) is 8.85 Å². The van der Waals surface area contributed by atoms with Gasteiger partial charge in [-0.05, 0) is 50.9 Å². The zero-order chi connectivity index (χ0) is 17.5. The van der Waals surface area contributed by atoms with Crippen LogP contribution in [0.15, 0.2) is 48.8 Å². The minimum atomic E-state index is -2.02. The van der Waals surface area contributed by atoms with Crippen molar-refractivity contribution < 1.29 is 8.85 Å². The molecule has 1 heterocycles. The molecule has 0 saturated carbocycles. The average Bonchev–Trinajstić information content (AvgIpc) is 2.59. The topological polar surface area (TPSA) is 31.4 Å². The Morgan fingerprint density at radius 1 is 1.04 bits per heavy atom. The molecule has 0 fully saturated rings. The number of hydrogen-bond donors (Lipinski definition) is 0. The van der Waals surface area contributed by atoms with E-state index in [1.165, 1.54) is 32.1 Å². The van der Waals surface area contributed by atoms with Crippen LogP contribution in [0.4, 0.5) is 0 Å². The second kappa shape index (κ2) is 13.1. The Kier molecular flexibility index (Phi) is 11.4. The molecule has 0 amide bonds. The lowest BCUT2D eigenvalue weighted by Crippen LogP contribution is -2.35. The third-order valence-corrected chi connectivity index (χ3v) is 5.45. The van der Waals surface area contributed by atoms with E-state index in [-0.39, 0.29) is 0 Å². The monoisotopic (exact) mass is 347 g/mol. The van der Waals surface area contributed by atoms with E-state index in [2.05, 4.69) is 42.4 Å². The van der Waals surface area contributed by atoms with E-state index < -0.39 is 8.56 Å². The Balaban J connectivity index is 1.99. The fourth-order valence-corrected chi connectivity index (χ4v) is 3.51. The summed E-state index contributed by atoms with van der Waals surface area (Å²) in [5, 5.41) is 0. The molecule has 0 spiro atoms. The fraction of sp³-hybridized carbons (Fsp3) is 0.550. The zero-order valence-corrected chi connectivity index (χ0v) is 16.5. The quantitative estimate of drug-likeness (QED) is 0.257. The molecule has 24 heavy (non-hydrogen) atoms. The van der Waals surface area contributed by atoms with Crippen LogP contribution in [0, 0.1) is 0 Å². The van der Waals surface area contributed by atoms with Gasteiger partial charge in [-0.3, -0.25) is 4.98 Å². The molecule has 0 aromatic carbocycles. The molecule has 0 atom stereocenters. The normalized spacial score (nSPS) is 12.5. The van der Waals surface area contributed by atoms with Crippen LogP contribution >= 0.6 is 0 Å². The summed E-state index contributed by atoms with van der Waals surface area (Å²) in [6.45, 7) is 7.67. The van der Waals surface area contributed by atoms with Crippen molar-refractivity contribution in [3.8, 4) is 0 Å². The number of allylic oxidation sites excluding steroid dienone is 4. The summed E-state index contributed by atoms with van der Waals surface area (Å²) >= 11 is 0. The predicted molar refractivity (Wildman–Crippen MR) is 104 cm³/mol. The highest BCUT2D eigenvalue weighted by Gasteiger charge is 2.24. The molecule has 1 aromatic rings. The lowest BCUT2D eigenvalue weighted by atomic mass is 10.1. The van der Waals surface area contributed by atoms with E-state index in [9.17, 15) is 0 Å². The van der Waals surface area contributed by atoms with Gasteiger partial charge in [0.15, 0.2) is 0 Å². The van der Waals surface area contributed by atoms with Gasteiger partial charge < -0.3 is 8.85 Å². The molecular formula is C20H33NO2Si. The van der Waals surface area contributed by atoms with Gasteiger partial charge in [-0.25, -0.2) is 0 Å². The van der Waals surface area contributed by atoms with Gasteiger partial charge in [-0.15, -0.1) is 0 Å². The molecule has 0 N–H and O–H groups in total. The van der Waals surface area contributed by atoms with Gasteiger partial charge in [0.2, 0.25) is 0 Å². The summed E-state index contributed by atoms with van der Waals surface area (Å²) in [6.07, 6.45) is 19.6. The lowest BCUT2D eigenvalue weighted by Gasteiger charge is -2.22. The van der Waals surface area contributed by atoms with Gasteiger partial charge in [0.1, 0.15) is 0 Å². The summed E-state index contributed by atoms with van der Waals surface area (Å²) in [7, 11) is -2.02. The average molecular weight is 348 g/mol. The Hall–Kier alpha value is -1.23. The van der Waals surface area contributed by atoms with E-state index in [1.807, 2.05) is 25.3 Å². The number of nitrogens with zero attached hydrogens (tertiary/aromatic N) is 1. The van der Waals surface area contributed by atoms with Crippen LogP contribution in [0.3, 0.4) is 0 Å². The second-order valence-corrected chi connectivity index (χ2v) is 9.79. The third-order valence-electron chi connectivity index (χ3n) is 3.71. The molecule has 1 rings (SSSR count). The van der Waals surface area contributed by atoms with Crippen molar-refractivity contribution in [1.29, 1.82) is 0 Å². The molecule has 1 aromatic heterocycles. The van der Waals surface area contributed by atoms with Gasteiger partial charge in [0.05, 0.1) is 6.61 Å². The van der Waals surface area contributed by atoms with Crippen LogP contribution in [0.25, 0.3) is 0 Å². The highest BCUT2D eigenvalue weighted by Crippen LogP contribution is 2.12. The molecule has 0 aliphatic rings. The molecule has 4 heteroatoms. The fourth-order valence-electron chi connectivity index (χ4n) is 2.28. The van der Waals surface area contributed by atoms with Crippen LogP contribution in [0.5, 0.6) is 0 Å². The first-order valence-electron chi connectivity index (χ1n) is 9.09. The van der Waals surface area contributed by atoms with Crippen molar-refractivity contribution in [3.05, 3.63) is 54.4 Å². The number of unbranched alkanes of at least 4 members (excludes halogenated alkanes) is 5. The van der Waals surface area contributed by atoms with Crippen molar-refractivity contribution in [3.63, 3.8) is 0 Å². The first kappa shape index (κ1) is 20.8. The van der Waals surface area contributed by atoms with E-state index in [0.717, 1.165) is 18.6 Å². The van der Waals surface area contributed by atoms with Crippen LogP contribution < -0.4 is 0 Å². The summed E-state index contributed by atoms with van der Waals surface area (Å²) < 4.78 is 12.0. The highest BCUT2D eigenvalue weighted by molar-refractivity contribution is 6.64. The van der Waals surface area contributed by atoms with Crippen LogP contribution in [0.2, 0.25) is 13.1 Å². The summed E-state index contributed by atoms with van der Waals surface area (Å²) in [5.74, 6) is 0. The third kappa shape index (κ3) is 11.3. The Labute approximate surface area is 149 Å². The summed E-state index contributed by atoms with van der Waals surface area (Å²) in [6, 6.07) is 3.97. The summed E-state index contributed by atoms with van der Waals surface area (Å²) in [5.41, 5.74) is 1.10. The largest absolute Gasteiger partial charge is 0.395 e. The minimum absolute atomic E-state index is 0.591. The van der Waals surface area contributed by atoms with Crippen molar-refractivity contribution in [1.82, 2.24) is 4.98 Å². The molecule has 0 bridgehead atoms. The smallest absolute Gasteiger partial charge is 0.332 e. The Morgan fingerprint density at radius 2 is 1.83 bits per heavy atom. The molecule has 0 aliphatic carbocycles. The molecule has 0 radical (unpaired) electrons. The Bertz CT molecular complexity index is 472. The molecule has 134 valence electrons. The SMILES string of the molecule is C/C=C/C=C/CCCCCCCO[Si](C)(C)OCc1cccnc1. The van der Waals surface area contributed by atoms with Gasteiger partial charge in [0, 0.05) is 19.0 Å². The zero-order valence-electron chi connectivity index (χ0n) is 15.5. The summed E-state index contributed by atoms with van der Waals surface area (Å²) in [4.78, 5) is 4.10. The standard InChI is InChI=1S/C20H33NO2Si/c1-4-5-6-7-8-9-10-11-12-13-17-22-24(2,3)23-19-20-15-14-16-21-18-20/h4-7,14-16,18H,8-13,17,19H2,1-3H3/b5-4+,7-6+. The maximum absolute atomic E-state index is 6.00. The predicted octanol–water partition coefficient (Wildman–Crippen LogP) is 5.79. The highest BCUT2D eigenvalue weighted by atomic mass is 28.4. The maximum atomic E-state index is 6.00. The van der Waals surface area contributed by atoms with E-state index in [1.54, 1.807) is 6.20 Å². The molecular weight excluding hydrogens is 314 g/mol. The maximum Gasteiger partial charge on any atom is 0.332 e. The van der Waals surface area contributed by atoms with E-state index in [0.29, 0.717) is 6.61 Å². The number of aromatic nitrogens is 1. The van der Waals surface area contributed by atoms with Crippen molar-refractivity contribution in [2.24, 2.45) is 0 Å². The Morgan fingerprint density at radius 3 is 2.58 bits per heavy atom. The van der Waals surface area contributed by atoms with Crippen LogP contribution in [-0.4, -0.2) is 20.2 Å². The lowest BCUT2D eigenvalue weighted by molar-refractivity contribution is 0.168. The molecule has 3 nitrogen and oxygen atoms in total. The van der Waals surface area contributed by atoms with Crippen LogP contribution in [0.1, 0.15) is 51.0 Å². The number of rotatable bonds is 13. The van der Waals surface area contributed by atoms with Crippen molar-refractivity contribution in [2.45, 2.75) is 65.1 Å². The number of pyridine rings is 1. The first-order chi connectivity index (χ1) is 11.6. The number of hydrogen-bond acceptors (Lipinski definition) is 3. The minimum Gasteiger partial charge on any atom is -0.395 e. The van der Waals surface area contributed by atoms with Gasteiger partial charge >= 0.3 is 8.56 Å². The van der Waals surface area contributed by atoms with Crippen molar-refractivity contribution in [2.75, 3.05) is 6.61 Å². The van der Waals surface area contributed by atoms with Gasteiger partial charge in [0.25, 0.3) is 0 Å².